The molecule has 9 aromatic carbocycles. The standard InChI is InChI=1S/C54H37N3S/c1-54(2)47-19-11-10-18-42(47)43-25-21-35(30-48(43)54)52-55-51(32-12-4-3-5-13-32)56-53(57-52)36-22-26-44-46-29-34(23-27-49(46)58-50(44)31-36)33-20-24-41-39-16-7-6-14-37(39)38-15-8-9-17-40(38)45(41)28-33/h3-31,51H,1-2H3,(H,55,56,57). The minimum atomic E-state index is -0.264. The fraction of sp³-hybridized carbons (Fsp3) is 0.0741. The molecule has 10 aromatic rings. The summed E-state index contributed by atoms with van der Waals surface area (Å²) in [5, 5.41) is 14.0. The third-order valence-electron chi connectivity index (χ3n) is 12.5. The second-order valence-electron chi connectivity index (χ2n) is 16.2. The van der Waals surface area contributed by atoms with Crippen LogP contribution in [-0.2, 0) is 5.41 Å². The van der Waals surface area contributed by atoms with Crippen LogP contribution < -0.4 is 5.32 Å². The Labute approximate surface area is 340 Å². The Bertz CT molecular complexity index is 3370. The zero-order valence-corrected chi connectivity index (χ0v) is 32.9. The normalized spacial score (nSPS) is 15.7. The zero-order valence-electron chi connectivity index (χ0n) is 32.1. The smallest absolute Gasteiger partial charge is 0.159 e. The Morgan fingerprint density at radius 2 is 1.03 bits per heavy atom. The molecule has 1 aliphatic heterocycles. The van der Waals surface area contributed by atoms with Crippen LogP contribution in [0.4, 0.5) is 0 Å². The molecule has 1 aromatic heterocycles. The first kappa shape index (κ1) is 33.3. The van der Waals surface area contributed by atoms with Gasteiger partial charge in [-0.15, -0.1) is 11.3 Å². The lowest BCUT2D eigenvalue weighted by molar-refractivity contribution is 0.659. The molecule has 1 aliphatic carbocycles. The predicted molar refractivity (Wildman–Crippen MR) is 247 cm³/mol. The third-order valence-corrected chi connectivity index (χ3v) is 13.7. The molecular formula is C54H37N3S. The summed E-state index contributed by atoms with van der Waals surface area (Å²) >= 11 is 1.84. The van der Waals surface area contributed by atoms with Crippen LogP contribution in [0.25, 0.3) is 74.7 Å². The highest BCUT2D eigenvalue weighted by atomic mass is 32.1. The molecule has 0 radical (unpaired) electrons. The molecule has 12 rings (SSSR count). The van der Waals surface area contributed by atoms with Gasteiger partial charge >= 0.3 is 0 Å². The number of benzene rings is 9. The van der Waals surface area contributed by atoms with Crippen molar-refractivity contribution in [1.82, 2.24) is 5.32 Å². The molecule has 0 saturated carbocycles. The van der Waals surface area contributed by atoms with Gasteiger partial charge in [-0.2, -0.15) is 0 Å². The molecule has 1 N–H and O–H groups in total. The molecule has 1 atom stereocenters. The molecule has 0 amide bonds. The fourth-order valence-electron chi connectivity index (χ4n) is 9.57. The average molecular weight is 760 g/mol. The molecule has 58 heavy (non-hydrogen) atoms. The van der Waals surface area contributed by atoms with Crippen LogP contribution in [0.15, 0.2) is 186 Å². The maximum Gasteiger partial charge on any atom is 0.159 e. The number of fused-ring (bicyclic) bond motifs is 12. The number of aliphatic imine (C=N–C) groups is 2. The number of hydrogen-bond acceptors (Lipinski definition) is 4. The summed E-state index contributed by atoms with van der Waals surface area (Å²) < 4.78 is 2.51. The third kappa shape index (κ3) is 5.05. The van der Waals surface area contributed by atoms with Crippen LogP contribution in [-0.4, -0.2) is 11.7 Å². The van der Waals surface area contributed by atoms with Crippen molar-refractivity contribution in [3.63, 3.8) is 0 Å². The number of nitrogens with zero attached hydrogens (tertiary/aromatic N) is 2. The first-order valence-corrected chi connectivity index (χ1v) is 20.8. The van der Waals surface area contributed by atoms with Crippen LogP contribution in [0.2, 0.25) is 0 Å². The predicted octanol–water partition coefficient (Wildman–Crippen LogP) is 14.0. The largest absolute Gasteiger partial charge is 0.344 e. The lowest BCUT2D eigenvalue weighted by atomic mass is 9.82. The topological polar surface area (TPSA) is 36.8 Å². The summed E-state index contributed by atoms with van der Waals surface area (Å²) in [4.78, 5) is 10.5. The van der Waals surface area contributed by atoms with E-state index < -0.39 is 0 Å². The van der Waals surface area contributed by atoms with Gasteiger partial charge < -0.3 is 5.32 Å². The van der Waals surface area contributed by atoms with Crippen LogP contribution in [0, 0.1) is 0 Å². The Balaban J connectivity index is 0.942. The van der Waals surface area contributed by atoms with Gasteiger partial charge in [-0.1, -0.05) is 159 Å². The molecule has 3 nitrogen and oxygen atoms in total. The molecule has 0 bridgehead atoms. The summed E-state index contributed by atoms with van der Waals surface area (Å²) in [5.41, 5.74) is 10.8. The first-order chi connectivity index (χ1) is 28.5. The SMILES string of the molecule is CC1(C)c2ccccc2-c2ccc(C3=NC(c4ccccc4)NC(c4ccc5c(c4)sc4ccc(-c6ccc7c8ccccc8c8ccccc8c7c6)cc45)=N3)cc21. The van der Waals surface area contributed by atoms with Gasteiger partial charge in [-0.3, -0.25) is 0 Å². The summed E-state index contributed by atoms with van der Waals surface area (Å²) in [5.74, 6) is 1.58. The lowest BCUT2D eigenvalue weighted by Crippen LogP contribution is -2.33. The van der Waals surface area contributed by atoms with Crippen molar-refractivity contribution in [1.29, 1.82) is 0 Å². The summed E-state index contributed by atoms with van der Waals surface area (Å²) in [7, 11) is 0. The highest BCUT2D eigenvalue weighted by molar-refractivity contribution is 7.25. The number of nitrogens with one attached hydrogen (secondary N) is 1. The molecule has 4 heteroatoms. The van der Waals surface area contributed by atoms with E-state index in [1.807, 2.05) is 11.3 Å². The second kappa shape index (κ2) is 12.6. The molecule has 2 heterocycles. The van der Waals surface area contributed by atoms with Crippen LogP contribution in [0.1, 0.15) is 47.8 Å². The Kier molecular flexibility index (Phi) is 7.21. The number of hydrogen-bond donors (Lipinski definition) is 1. The minimum Gasteiger partial charge on any atom is -0.344 e. The van der Waals surface area contributed by atoms with E-state index in [4.69, 9.17) is 9.98 Å². The Morgan fingerprint density at radius 3 is 1.81 bits per heavy atom. The maximum absolute atomic E-state index is 5.26. The van der Waals surface area contributed by atoms with Gasteiger partial charge in [0.25, 0.3) is 0 Å². The van der Waals surface area contributed by atoms with Crippen molar-refractivity contribution < 1.29 is 0 Å². The van der Waals surface area contributed by atoms with Gasteiger partial charge in [0, 0.05) is 36.7 Å². The van der Waals surface area contributed by atoms with Crippen molar-refractivity contribution in [2.75, 3.05) is 0 Å². The van der Waals surface area contributed by atoms with E-state index in [9.17, 15) is 0 Å². The van der Waals surface area contributed by atoms with Crippen LogP contribution >= 0.6 is 11.3 Å². The molecule has 0 fully saturated rings. The Morgan fingerprint density at radius 1 is 0.448 bits per heavy atom. The monoisotopic (exact) mass is 759 g/mol. The van der Waals surface area contributed by atoms with Crippen molar-refractivity contribution in [3.8, 4) is 22.3 Å². The van der Waals surface area contributed by atoms with Crippen molar-refractivity contribution in [2.24, 2.45) is 9.98 Å². The van der Waals surface area contributed by atoms with E-state index in [1.54, 1.807) is 0 Å². The number of rotatable bonds is 4. The minimum absolute atomic E-state index is 0.107. The molecule has 2 aliphatic rings. The van der Waals surface area contributed by atoms with Gasteiger partial charge in [0.15, 0.2) is 5.84 Å². The molecule has 0 saturated heterocycles. The van der Waals surface area contributed by atoms with Gasteiger partial charge in [-0.25, -0.2) is 9.98 Å². The van der Waals surface area contributed by atoms with Crippen molar-refractivity contribution >= 4 is 75.5 Å². The van der Waals surface area contributed by atoms with Gasteiger partial charge in [0.1, 0.15) is 12.0 Å². The second-order valence-corrected chi connectivity index (χ2v) is 17.3. The zero-order chi connectivity index (χ0) is 38.5. The van der Waals surface area contributed by atoms with Crippen molar-refractivity contribution in [2.45, 2.75) is 25.4 Å². The average Bonchev–Trinajstić information content (AvgIpc) is 3.76. The van der Waals surface area contributed by atoms with E-state index >= 15 is 0 Å². The van der Waals surface area contributed by atoms with E-state index in [0.717, 1.165) is 28.4 Å². The van der Waals surface area contributed by atoms with Gasteiger partial charge in [0.2, 0.25) is 0 Å². The molecule has 274 valence electrons. The van der Waals surface area contributed by atoms with Crippen LogP contribution in [0.3, 0.4) is 0 Å². The van der Waals surface area contributed by atoms with E-state index in [-0.39, 0.29) is 11.6 Å². The highest BCUT2D eigenvalue weighted by Crippen LogP contribution is 2.49. The maximum atomic E-state index is 5.26. The van der Waals surface area contributed by atoms with Crippen LogP contribution in [0.5, 0.6) is 0 Å². The van der Waals surface area contributed by atoms with Crippen molar-refractivity contribution in [3.05, 3.63) is 204 Å². The lowest BCUT2D eigenvalue weighted by Gasteiger charge is -2.25. The number of amidine groups is 2. The summed E-state index contributed by atoms with van der Waals surface area (Å²) in [6, 6.07) is 64.3. The molecule has 1 unspecified atom stereocenters. The summed E-state index contributed by atoms with van der Waals surface area (Å²) in [6.07, 6.45) is -0.264. The molecule has 0 spiro atoms. The van der Waals surface area contributed by atoms with Gasteiger partial charge in [0.05, 0.1) is 0 Å². The highest BCUT2D eigenvalue weighted by Gasteiger charge is 2.35. The van der Waals surface area contributed by atoms with E-state index in [0.29, 0.717) is 0 Å². The Hall–Kier alpha value is -6.88. The fourth-order valence-corrected chi connectivity index (χ4v) is 10.7. The number of thiophene rings is 1. The van der Waals surface area contributed by atoms with E-state index in [1.165, 1.54) is 85.9 Å². The van der Waals surface area contributed by atoms with E-state index in [2.05, 4.69) is 195 Å². The molecular weight excluding hydrogens is 723 g/mol. The summed E-state index contributed by atoms with van der Waals surface area (Å²) in [6.45, 7) is 4.64. The van der Waals surface area contributed by atoms with Gasteiger partial charge in [-0.05, 0) is 102 Å². The first-order valence-electron chi connectivity index (χ1n) is 20.0. The quantitative estimate of drug-likeness (QED) is 0.178.